The highest BCUT2D eigenvalue weighted by molar-refractivity contribution is 7.92. The predicted octanol–water partition coefficient (Wildman–Crippen LogP) is 1.46. The zero-order valence-corrected chi connectivity index (χ0v) is 17.0. The molecule has 10 heteroatoms. The second kappa shape index (κ2) is 8.28. The molecule has 148 valence electrons. The molecular formula is C17H24ClN5O3S. The molecule has 0 aliphatic carbocycles. The minimum absolute atomic E-state index is 0. The number of sulfonamides is 1. The molecule has 0 unspecified atom stereocenters. The van der Waals surface area contributed by atoms with Crippen LogP contribution in [0.5, 0.6) is 0 Å². The molecule has 0 spiro atoms. The first-order chi connectivity index (χ1) is 12.2. The van der Waals surface area contributed by atoms with Crippen molar-refractivity contribution in [3.63, 3.8) is 0 Å². The molecule has 2 aromatic rings. The lowest BCUT2D eigenvalue weighted by atomic mass is 9.90. The number of anilines is 2. The molecular weight excluding hydrogens is 390 g/mol. The van der Waals surface area contributed by atoms with E-state index in [1.165, 1.54) is 0 Å². The van der Waals surface area contributed by atoms with E-state index in [1.54, 1.807) is 29.1 Å². The lowest BCUT2D eigenvalue weighted by molar-refractivity contribution is -0.119. The maximum Gasteiger partial charge on any atom is 0.229 e. The van der Waals surface area contributed by atoms with Gasteiger partial charge in [-0.2, -0.15) is 5.10 Å². The monoisotopic (exact) mass is 413 g/mol. The number of rotatable bonds is 5. The van der Waals surface area contributed by atoms with E-state index < -0.39 is 10.0 Å². The van der Waals surface area contributed by atoms with Gasteiger partial charge in [-0.3, -0.25) is 14.2 Å². The maximum atomic E-state index is 12.9. The lowest BCUT2D eigenvalue weighted by Gasteiger charge is -2.19. The van der Waals surface area contributed by atoms with Crippen molar-refractivity contribution in [3.05, 3.63) is 41.7 Å². The number of amides is 1. The van der Waals surface area contributed by atoms with Gasteiger partial charge in [0.1, 0.15) is 0 Å². The number of benzene rings is 1. The second-order valence-corrected chi connectivity index (χ2v) is 8.48. The van der Waals surface area contributed by atoms with E-state index in [0.29, 0.717) is 24.5 Å². The van der Waals surface area contributed by atoms with Gasteiger partial charge in [0, 0.05) is 32.3 Å². The van der Waals surface area contributed by atoms with Crippen molar-refractivity contribution < 1.29 is 13.2 Å². The third kappa shape index (κ3) is 5.21. The van der Waals surface area contributed by atoms with Gasteiger partial charge in [-0.15, -0.1) is 12.4 Å². The summed E-state index contributed by atoms with van der Waals surface area (Å²) in [5.41, 5.74) is 2.75. The first-order valence-electron chi connectivity index (χ1n) is 8.31. The molecule has 1 aliphatic heterocycles. The van der Waals surface area contributed by atoms with Crippen molar-refractivity contribution in [1.82, 2.24) is 15.1 Å². The summed E-state index contributed by atoms with van der Waals surface area (Å²) in [6.45, 7) is 3.15. The number of aryl methyl sites for hydroxylation is 2. The molecule has 2 atom stereocenters. The van der Waals surface area contributed by atoms with Crippen LogP contribution in [0.4, 0.5) is 11.4 Å². The van der Waals surface area contributed by atoms with Crippen molar-refractivity contribution >= 4 is 39.7 Å². The summed E-state index contributed by atoms with van der Waals surface area (Å²) in [6, 6.07) is 5.20. The van der Waals surface area contributed by atoms with E-state index in [0.717, 1.165) is 17.4 Å². The molecule has 0 saturated carbocycles. The first-order valence-corrected chi connectivity index (χ1v) is 10.2. The van der Waals surface area contributed by atoms with Gasteiger partial charge < -0.3 is 10.6 Å². The van der Waals surface area contributed by atoms with E-state index in [9.17, 15) is 13.2 Å². The van der Waals surface area contributed by atoms with Crippen LogP contribution >= 0.6 is 12.4 Å². The van der Waals surface area contributed by atoms with Crippen LogP contribution in [-0.4, -0.2) is 43.5 Å². The van der Waals surface area contributed by atoms with E-state index in [2.05, 4.69) is 20.5 Å². The maximum absolute atomic E-state index is 12.9. The lowest BCUT2D eigenvalue weighted by Crippen LogP contribution is -2.28. The largest absolute Gasteiger partial charge is 0.324 e. The highest BCUT2D eigenvalue weighted by Crippen LogP contribution is 2.30. The third-order valence-electron chi connectivity index (χ3n) is 4.43. The number of hydrogen-bond donors (Lipinski definition) is 3. The van der Waals surface area contributed by atoms with Crippen molar-refractivity contribution in [3.8, 4) is 0 Å². The summed E-state index contributed by atoms with van der Waals surface area (Å²) in [6.07, 6.45) is 4.78. The Kier molecular flexibility index (Phi) is 6.50. The summed E-state index contributed by atoms with van der Waals surface area (Å²) in [7, 11) is -1.60. The molecule has 8 nitrogen and oxygen atoms in total. The van der Waals surface area contributed by atoms with Gasteiger partial charge in [-0.05, 0) is 30.2 Å². The van der Waals surface area contributed by atoms with Crippen molar-refractivity contribution in [2.45, 2.75) is 12.8 Å². The molecule has 0 radical (unpaired) electrons. The molecule has 1 aromatic heterocycles. The topological polar surface area (TPSA) is 105 Å². The Labute approximate surface area is 165 Å². The normalized spacial score (nSPS) is 19.4. The van der Waals surface area contributed by atoms with Crippen LogP contribution < -0.4 is 15.4 Å². The van der Waals surface area contributed by atoms with Crippen molar-refractivity contribution in [1.29, 1.82) is 0 Å². The molecule has 3 rings (SSSR count). The van der Waals surface area contributed by atoms with Gasteiger partial charge in [0.05, 0.1) is 29.7 Å². The van der Waals surface area contributed by atoms with E-state index in [-0.39, 0.29) is 30.2 Å². The summed E-state index contributed by atoms with van der Waals surface area (Å²) in [5.74, 6) is -0.378. The number of carbonyl (C=O) groups excluding carboxylic acids is 1. The van der Waals surface area contributed by atoms with Gasteiger partial charge in [0.2, 0.25) is 15.9 Å². The number of halogens is 1. The Bertz CT molecular complexity index is 928. The molecule has 0 bridgehead atoms. The number of aromatic nitrogens is 2. The minimum atomic E-state index is -3.44. The smallest absolute Gasteiger partial charge is 0.229 e. The average Bonchev–Trinajstić information content (AvgIpc) is 3.17. The highest BCUT2D eigenvalue weighted by atomic mass is 35.5. The summed E-state index contributed by atoms with van der Waals surface area (Å²) in [5, 5.41) is 10.3. The Morgan fingerprint density at radius 3 is 2.67 bits per heavy atom. The van der Waals surface area contributed by atoms with Gasteiger partial charge in [0.25, 0.3) is 0 Å². The summed E-state index contributed by atoms with van der Waals surface area (Å²) < 4.78 is 27.3. The molecule has 2 heterocycles. The van der Waals surface area contributed by atoms with Crippen molar-refractivity contribution in [2.24, 2.45) is 13.0 Å². The third-order valence-corrected chi connectivity index (χ3v) is 5.02. The van der Waals surface area contributed by atoms with Gasteiger partial charge in [-0.1, -0.05) is 6.07 Å². The Morgan fingerprint density at radius 2 is 2.04 bits per heavy atom. The van der Waals surface area contributed by atoms with Crippen LogP contribution in [0.15, 0.2) is 30.6 Å². The highest BCUT2D eigenvalue weighted by Gasteiger charge is 2.35. The quantitative estimate of drug-likeness (QED) is 0.688. The molecule has 1 aromatic carbocycles. The Hall–Kier alpha value is -2.10. The first kappa shape index (κ1) is 21.2. The zero-order valence-electron chi connectivity index (χ0n) is 15.4. The standard InChI is InChI=1S/C17H23N5O3S.ClH/c1-11-4-5-15(21-26(3,24)25)16(6-11)20-17(23)14-9-18-8-13(14)12-7-19-22(2)10-12;/h4-7,10,13-14,18,21H,8-9H2,1-3H3,(H,20,23);1H/t13-,14+;/m1./s1. The molecule has 1 amide bonds. The van der Waals surface area contributed by atoms with Crippen LogP contribution in [0.2, 0.25) is 0 Å². The number of nitrogens with zero attached hydrogens (tertiary/aromatic N) is 2. The van der Waals surface area contributed by atoms with Gasteiger partial charge in [-0.25, -0.2) is 8.42 Å². The van der Waals surface area contributed by atoms with E-state index in [1.807, 2.05) is 20.2 Å². The predicted molar refractivity (Wildman–Crippen MR) is 108 cm³/mol. The SMILES string of the molecule is Cc1ccc(NS(C)(=O)=O)c(NC(=O)[C@H]2CNC[C@@H]2c2cnn(C)c2)c1.Cl. The number of hydrogen-bond acceptors (Lipinski definition) is 5. The molecule has 1 aliphatic rings. The van der Waals surface area contributed by atoms with Crippen LogP contribution in [-0.2, 0) is 21.9 Å². The van der Waals surface area contributed by atoms with Crippen molar-refractivity contribution in [2.75, 3.05) is 29.4 Å². The Morgan fingerprint density at radius 1 is 1.30 bits per heavy atom. The van der Waals surface area contributed by atoms with Gasteiger partial charge >= 0.3 is 0 Å². The Balaban J connectivity index is 0.00000261. The second-order valence-electron chi connectivity index (χ2n) is 6.73. The van der Waals surface area contributed by atoms with E-state index in [4.69, 9.17) is 0 Å². The average molecular weight is 414 g/mol. The number of carbonyl (C=O) groups is 1. The molecule has 1 saturated heterocycles. The van der Waals surface area contributed by atoms with Crippen LogP contribution in [0.25, 0.3) is 0 Å². The molecule has 27 heavy (non-hydrogen) atoms. The van der Waals surface area contributed by atoms with Crippen LogP contribution in [0, 0.1) is 12.8 Å². The fraction of sp³-hybridized carbons (Fsp3) is 0.412. The summed E-state index contributed by atoms with van der Waals surface area (Å²) in [4.78, 5) is 12.9. The van der Waals surface area contributed by atoms with Gasteiger partial charge in [0.15, 0.2) is 0 Å². The van der Waals surface area contributed by atoms with Crippen LogP contribution in [0.1, 0.15) is 17.0 Å². The summed E-state index contributed by atoms with van der Waals surface area (Å²) >= 11 is 0. The fourth-order valence-corrected chi connectivity index (χ4v) is 3.79. The molecule has 3 N–H and O–H groups in total. The number of nitrogens with one attached hydrogen (secondary N) is 3. The molecule has 1 fully saturated rings. The van der Waals surface area contributed by atoms with Crippen LogP contribution in [0.3, 0.4) is 0 Å². The fourth-order valence-electron chi connectivity index (χ4n) is 3.21. The minimum Gasteiger partial charge on any atom is -0.324 e. The van der Waals surface area contributed by atoms with E-state index >= 15 is 0 Å². The zero-order chi connectivity index (χ0) is 18.9.